The minimum atomic E-state index is 0.0591. The van der Waals surface area contributed by atoms with Crippen LogP contribution in [0.2, 0.25) is 0 Å². The highest BCUT2D eigenvalue weighted by atomic mass is 35.5. The fourth-order valence-electron chi connectivity index (χ4n) is 2.41. The van der Waals surface area contributed by atoms with Gasteiger partial charge in [0, 0.05) is 25.2 Å². The predicted octanol–water partition coefficient (Wildman–Crippen LogP) is 2.04. The number of aromatic nitrogens is 2. The number of hydrogen-bond acceptors (Lipinski definition) is 2. The Bertz CT molecular complexity index is 580. The summed E-state index contributed by atoms with van der Waals surface area (Å²) < 4.78 is 1.72. The van der Waals surface area contributed by atoms with Crippen molar-refractivity contribution in [3.05, 3.63) is 36.2 Å². The summed E-state index contributed by atoms with van der Waals surface area (Å²) in [5, 5.41) is 4.19. The number of pyridine rings is 1. The second-order valence-corrected chi connectivity index (χ2v) is 4.96. The second kappa shape index (κ2) is 4.61. The number of carbonyl (C=O) groups is 1. The van der Waals surface area contributed by atoms with E-state index in [1.807, 2.05) is 29.3 Å². The fourth-order valence-corrected chi connectivity index (χ4v) is 2.66. The zero-order valence-corrected chi connectivity index (χ0v) is 10.7. The van der Waals surface area contributed by atoms with E-state index < -0.39 is 0 Å². The van der Waals surface area contributed by atoms with Gasteiger partial charge < -0.3 is 4.90 Å². The number of nitrogens with zero attached hydrogens (tertiary/aromatic N) is 3. The van der Waals surface area contributed by atoms with Crippen LogP contribution in [0.4, 0.5) is 0 Å². The summed E-state index contributed by atoms with van der Waals surface area (Å²) in [4.78, 5) is 14.3. The van der Waals surface area contributed by atoms with Crippen LogP contribution in [-0.4, -0.2) is 39.4 Å². The lowest BCUT2D eigenvalue weighted by Crippen LogP contribution is -2.28. The number of halogens is 1. The summed E-state index contributed by atoms with van der Waals surface area (Å²) in [6, 6.07) is 5.72. The molecule has 2 aromatic rings. The summed E-state index contributed by atoms with van der Waals surface area (Å²) in [7, 11) is 0. The van der Waals surface area contributed by atoms with Crippen molar-refractivity contribution >= 4 is 23.0 Å². The van der Waals surface area contributed by atoms with Gasteiger partial charge in [0.15, 0.2) is 0 Å². The third-order valence-electron chi connectivity index (χ3n) is 3.45. The number of fused-ring (bicyclic) bond motifs is 1. The van der Waals surface area contributed by atoms with E-state index in [9.17, 15) is 4.79 Å². The lowest BCUT2D eigenvalue weighted by Gasteiger charge is -2.15. The van der Waals surface area contributed by atoms with Gasteiger partial charge in [-0.3, -0.25) is 4.79 Å². The molecule has 0 N–H and O–H groups in total. The molecule has 1 amide bonds. The lowest BCUT2D eigenvalue weighted by atomic mass is 10.2. The highest BCUT2D eigenvalue weighted by Gasteiger charge is 2.27. The van der Waals surface area contributed by atoms with E-state index in [0.717, 1.165) is 25.0 Å². The Kier molecular flexibility index (Phi) is 2.96. The summed E-state index contributed by atoms with van der Waals surface area (Å²) in [5.41, 5.74) is 1.53. The zero-order valence-electron chi connectivity index (χ0n) is 9.92. The molecule has 94 valence electrons. The summed E-state index contributed by atoms with van der Waals surface area (Å²) in [6.45, 7) is 1.55. The molecule has 1 unspecified atom stereocenters. The third kappa shape index (κ3) is 1.86. The van der Waals surface area contributed by atoms with Gasteiger partial charge in [0.2, 0.25) is 0 Å². The van der Waals surface area contributed by atoms with Crippen LogP contribution in [-0.2, 0) is 0 Å². The number of likely N-dealkylation sites (tertiary alicyclic amines) is 1. The van der Waals surface area contributed by atoms with Crippen LogP contribution in [0.25, 0.3) is 5.52 Å². The average molecular weight is 264 g/mol. The molecule has 5 heteroatoms. The van der Waals surface area contributed by atoms with Crippen molar-refractivity contribution in [2.24, 2.45) is 5.92 Å². The van der Waals surface area contributed by atoms with Crippen LogP contribution in [0.1, 0.15) is 16.8 Å². The molecule has 1 aliphatic rings. The molecule has 2 aromatic heterocycles. The minimum absolute atomic E-state index is 0.0591. The predicted molar refractivity (Wildman–Crippen MR) is 69.9 cm³/mol. The standard InChI is InChI=1S/C13H14ClN3O/c14-7-10-4-6-16(9-10)13(18)11-8-15-17-5-2-1-3-12(11)17/h1-3,5,8,10H,4,6-7,9H2. The highest BCUT2D eigenvalue weighted by Crippen LogP contribution is 2.21. The monoisotopic (exact) mass is 263 g/mol. The number of rotatable bonds is 2. The van der Waals surface area contributed by atoms with E-state index in [4.69, 9.17) is 11.6 Å². The molecular formula is C13H14ClN3O. The first-order valence-electron chi connectivity index (χ1n) is 6.07. The maximum atomic E-state index is 12.4. The first kappa shape index (κ1) is 11.5. The summed E-state index contributed by atoms with van der Waals surface area (Å²) in [5.74, 6) is 1.11. The van der Waals surface area contributed by atoms with Crippen molar-refractivity contribution in [1.82, 2.24) is 14.5 Å². The smallest absolute Gasteiger partial charge is 0.257 e. The molecule has 0 spiro atoms. The van der Waals surface area contributed by atoms with E-state index in [1.54, 1.807) is 10.7 Å². The normalized spacial score (nSPS) is 19.6. The number of carbonyl (C=O) groups excluding carboxylic acids is 1. The average Bonchev–Trinajstić information content (AvgIpc) is 3.04. The third-order valence-corrected chi connectivity index (χ3v) is 3.88. The molecule has 4 nitrogen and oxygen atoms in total. The molecule has 1 fully saturated rings. The van der Waals surface area contributed by atoms with Crippen molar-refractivity contribution in [3.8, 4) is 0 Å². The Morgan fingerprint density at radius 3 is 3.17 bits per heavy atom. The maximum Gasteiger partial charge on any atom is 0.257 e. The molecule has 1 atom stereocenters. The summed E-state index contributed by atoms with van der Waals surface area (Å²) >= 11 is 5.84. The Labute approximate surface area is 110 Å². The van der Waals surface area contributed by atoms with E-state index >= 15 is 0 Å². The molecule has 0 bridgehead atoms. The zero-order chi connectivity index (χ0) is 12.5. The molecule has 0 aliphatic carbocycles. The summed E-state index contributed by atoms with van der Waals surface area (Å²) in [6.07, 6.45) is 4.48. The van der Waals surface area contributed by atoms with E-state index in [2.05, 4.69) is 5.10 Å². The van der Waals surface area contributed by atoms with Gasteiger partial charge in [-0.2, -0.15) is 5.10 Å². The SMILES string of the molecule is O=C(c1cnn2ccccc12)N1CCC(CCl)C1. The van der Waals surface area contributed by atoms with Gasteiger partial charge in [-0.05, 0) is 24.5 Å². The van der Waals surface area contributed by atoms with Crippen molar-refractivity contribution < 1.29 is 4.79 Å². The molecular weight excluding hydrogens is 250 g/mol. The van der Waals surface area contributed by atoms with Gasteiger partial charge in [0.1, 0.15) is 0 Å². The quantitative estimate of drug-likeness (QED) is 0.778. The van der Waals surface area contributed by atoms with Gasteiger partial charge in [0.25, 0.3) is 5.91 Å². The molecule has 0 saturated carbocycles. The Morgan fingerprint density at radius 1 is 1.50 bits per heavy atom. The Hall–Kier alpha value is -1.55. The van der Waals surface area contributed by atoms with Gasteiger partial charge in [-0.15, -0.1) is 11.6 Å². The van der Waals surface area contributed by atoms with E-state index in [1.165, 1.54) is 0 Å². The Balaban J connectivity index is 1.89. The van der Waals surface area contributed by atoms with Crippen molar-refractivity contribution in [3.63, 3.8) is 0 Å². The largest absolute Gasteiger partial charge is 0.338 e. The van der Waals surface area contributed by atoms with Gasteiger partial charge in [-0.1, -0.05) is 6.07 Å². The first-order chi connectivity index (χ1) is 8.79. The van der Waals surface area contributed by atoms with Crippen LogP contribution in [0.3, 0.4) is 0 Å². The van der Waals surface area contributed by atoms with Crippen molar-refractivity contribution in [1.29, 1.82) is 0 Å². The first-order valence-corrected chi connectivity index (χ1v) is 6.60. The molecule has 18 heavy (non-hydrogen) atoms. The maximum absolute atomic E-state index is 12.4. The number of amides is 1. The second-order valence-electron chi connectivity index (χ2n) is 4.65. The molecule has 0 aromatic carbocycles. The minimum Gasteiger partial charge on any atom is -0.338 e. The van der Waals surface area contributed by atoms with Crippen molar-refractivity contribution in [2.45, 2.75) is 6.42 Å². The topological polar surface area (TPSA) is 37.6 Å². The lowest BCUT2D eigenvalue weighted by molar-refractivity contribution is 0.0790. The Morgan fingerprint density at radius 2 is 2.39 bits per heavy atom. The van der Waals surface area contributed by atoms with E-state index in [-0.39, 0.29) is 5.91 Å². The molecule has 1 aliphatic heterocycles. The van der Waals surface area contributed by atoms with Gasteiger partial charge in [0.05, 0.1) is 17.3 Å². The molecule has 1 saturated heterocycles. The van der Waals surface area contributed by atoms with Gasteiger partial charge in [-0.25, -0.2) is 4.52 Å². The highest BCUT2D eigenvalue weighted by molar-refractivity contribution is 6.18. The molecule has 0 radical (unpaired) electrons. The van der Waals surface area contributed by atoms with E-state index in [0.29, 0.717) is 17.4 Å². The van der Waals surface area contributed by atoms with Crippen LogP contribution in [0.5, 0.6) is 0 Å². The molecule has 3 heterocycles. The number of hydrogen-bond donors (Lipinski definition) is 0. The number of alkyl halides is 1. The van der Waals surface area contributed by atoms with Crippen LogP contribution < -0.4 is 0 Å². The van der Waals surface area contributed by atoms with Crippen LogP contribution in [0, 0.1) is 5.92 Å². The van der Waals surface area contributed by atoms with Crippen LogP contribution in [0.15, 0.2) is 30.6 Å². The molecule has 3 rings (SSSR count). The van der Waals surface area contributed by atoms with Crippen molar-refractivity contribution in [2.75, 3.05) is 19.0 Å². The van der Waals surface area contributed by atoms with Gasteiger partial charge >= 0.3 is 0 Å². The van der Waals surface area contributed by atoms with Crippen LogP contribution >= 0.6 is 11.6 Å². The fraction of sp³-hybridized carbons (Fsp3) is 0.385.